The first-order chi connectivity index (χ1) is 12.8. The minimum Gasteiger partial charge on any atom is -0.459 e. The molecule has 3 aromatic rings. The van der Waals surface area contributed by atoms with Crippen LogP contribution in [0.4, 0.5) is 0 Å². The van der Waals surface area contributed by atoms with Gasteiger partial charge in [-0.2, -0.15) is 0 Å². The highest BCUT2D eigenvalue weighted by atomic mass is 16.6. The van der Waals surface area contributed by atoms with Crippen molar-refractivity contribution in [2.75, 3.05) is 13.2 Å². The molecule has 0 N–H and O–H groups in total. The number of hydrogen-bond acceptors (Lipinski definition) is 5. The standard InChI is InChI=1S/C21H19NO4/c23-21(25-14-16-9-6-12-24-16)18-11-5-4-10-17(18)20-22-13-19(26-20)15-7-2-1-3-8-15/h1-5,7-8,10-11,13,16H,6,9,12,14H2. The number of ether oxygens (including phenoxy) is 2. The summed E-state index contributed by atoms with van der Waals surface area (Å²) in [7, 11) is 0. The van der Waals surface area contributed by atoms with Crippen LogP contribution in [0.5, 0.6) is 0 Å². The smallest absolute Gasteiger partial charge is 0.339 e. The third-order valence-electron chi connectivity index (χ3n) is 4.37. The van der Waals surface area contributed by atoms with Crippen molar-refractivity contribution in [1.29, 1.82) is 0 Å². The van der Waals surface area contributed by atoms with Crippen LogP contribution in [0.3, 0.4) is 0 Å². The van der Waals surface area contributed by atoms with Crippen molar-refractivity contribution in [3.05, 3.63) is 66.4 Å². The molecule has 2 aromatic carbocycles. The molecule has 132 valence electrons. The van der Waals surface area contributed by atoms with E-state index in [1.807, 2.05) is 42.5 Å². The average molecular weight is 349 g/mol. The second-order valence-corrected chi connectivity index (χ2v) is 6.17. The van der Waals surface area contributed by atoms with Gasteiger partial charge < -0.3 is 13.9 Å². The van der Waals surface area contributed by atoms with E-state index in [4.69, 9.17) is 13.9 Å². The van der Waals surface area contributed by atoms with E-state index in [1.54, 1.807) is 18.3 Å². The highest BCUT2D eigenvalue weighted by Crippen LogP contribution is 2.28. The molecule has 0 bridgehead atoms. The van der Waals surface area contributed by atoms with Gasteiger partial charge in [0.1, 0.15) is 6.61 Å². The number of aromatic nitrogens is 1. The van der Waals surface area contributed by atoms with E-state index in [1.165, 1.54) is 0 Å². The van der Waals surface area contributed by atoms with E-state index in [2.05, 4.69) is 4.98 Å². The summed E-state index contributed by atoms with van der Waals surface area (Å²) in [6, 6.07) is 16.9. The Labute approximate surface area is 151 Å². The minimum atomic E-state index is -0.393. The zero-order chi connectivity index (χ0) is 17.8. The van der Waals surface area contributed by atoms with Crippen LogP contribution in [0.1, 0.15) is 23.2 Å². The Kier molecular flexibility index (Phi) is 4.80. The van der Waals surface area contributed by atoms with Gasteiger partial charge in [0.15, 0.2) is 5.76 Å². The van der Waals surface area contributed by atoms with Crippen molar-refractivity contribution in [2.24, 2.45) is 0 Å². The minimum absolute atomic E-state index is 0.00228. The third kappa shape index (κ3) is 3.53. The number of benzene rings is 2. The molecule has 1 aromatic heterocycles. The highest BCUT2D eigenvalue weighted by molar-refractivity contribution is 5.96. The Bertz CT molecular complexity index is 882. The van der Waals surface area contributed by atoms with Crippen molar-refractivity contribution >= 4 is 5.97 Å². The summed E-state index contributed by atoms with van der Waals surface area (Å²) in [6.45, 7) is 1.01. The average Bonchev–Trinajstić information content (AvgIpc) is 3.39. The van der Waals surface area contributed by atoms with Crippen LogP contribution >= 0.6 is 0 Å². The monoisotopic (exact) mass is 349 g/mol. The van der Waals surface area contributed by atoms with Gasteiger partial charge in [0, 0.05) is 12.2 Å². The molecule has 1 unspecified atom stereocenters. The Morgan fingerprint density at radius 1 is 1.12 bits per heavy atom. The molecule has 4 rings (SSSR count). The van der Waals surface area contributed by atoms with Crippen molar-refractivity contribution in [3.8, 4) is 22.8 Å². The van der Waals surface area contributed by atoms with Crippen LogP contribution < -0.4 is 0 Å². The predicted molar refractivity (Wildman–Crippen MR) is 96.6 cm³/mol. The number of rotatable bonds is 5. The maximum Gasteiger partial charge on any atom is 0.339 e. The van der Waals surface area contributed by atoms with Gasteiger partial charge >= 0.3 is 5.97 Å². The quantitative estimate of drug-likeness (QED) is 0.641. The molecule has 1 atom stereocenters. The van der Waals surface area contributed by atoms with Gasteiger partial charge in [-0.15, -0.1) is 0 Å². The summed E-state index contributed by atoms with van der Waals surface area (Å²) >= 11 is 0. The lowest BCUT2D eigenvalue weighted by Gasteiger charge is -2.11. The number of esters is 1. The fraction of sp³-hybridized carbons (Fsp3) is 0.238. The van der Waals surface area contributed by atoms with Crippen LogP contribution in [0.25, 0.3) is 22.8 Å². The zero-order valence-electron chi connectivity index (χ0n) is 14.3. The van der Waals surface area contributed by atoms with Crippen LogP contribution in [-0.4, -0.2) is 30.3 Å². The molecule has 0 aliphatic carbocycles. The summed E-state index contributed by atoms with van der Waals surface area (Å²) in [4.78, 5) is 16.9. The third-order valence-corrected chi connectivity index (χ3v) is 4.37. The molecular formula is C21H19NO4. The molecule has 1 fully saturated rings. The lowest BCUT2D eigenvalue weighted by atomic mass is 10.1. The molecule has 0 amide bonds. The fourth-order valence-corrected chi connectivity index (χ4v) is 3.00. The largest absolute Gasteiger partial charge is 0.459 e. The zero-order valence-corrected chi connectivity index (χ0v) is 14.3. The van der Waals surface area contributed by atoms with Gasteiger partial charge in [-0.3, -0.25) is 0 Å². The Balaban J connectivity index is 1.56. The molecule has 26 heavy (non-hydrogen) atoms. The molecular weight excluding hydrogens is 330 g/mol. The van der Waals surface area contributed by atoms with Gasteiger partial charge in [-0.25, -0.2) is 9.78 Å². The van der Waals surface area contributed by atoms with Crippen molar-refractivity contribution in [3.63, 3.8) is 0 Å². The highest BCUT2D eigenvalue weighted by Gasteiger charge is 2.21. The molecule has 5 nitrogen and oxygen atoms in total. The number of oxazole rings is 1. The van der Waals surface area contributed by atoms with Crippen molar-refractivity contribution in [2.45, 2.75) is 18.9 Å². The molecule has 1 saturated heterocycles. The molecule has 1 aliphatic heterocycles. The SMILES string of the molecule is O=C(OCC1CCCO1)c1ccccc1-c1ncc(-c2ccccc2)o1. The van der Waals surface area contributed by atoms with E-state index in [0.717, 1.165) is 25.0 Å². The second kappa shape index (κ2) is 7.54. The Morgan fingerprint density at radius 2 is 1.92 bits per heavy atom. The molecule has 0 saturated carbocycles. The number of hydrogen-bond donors (Lipinski definition) is 0. The maximum absolute atomic E-state index is 12.5. The van der Waals surface area contributed by atoms with E-state index < -0.39 is 5.97 Å². The number of nitrogens with zero attached hydrogens (tertiary/aromatic N) is 1. The van der Waals surface area contributed by atoms with Crippen LogP contribution in [0.15, 0.2) is 65.2 Å². The number of carbonyl (C=O) groups is 1. The number of carbonyl (C=O) groups excluding carboxylic acids is 1. The topological polar surface area (TPSA) is 61.6 Å². The fourth-order valence-electron chi connectivity index (χ4n) is 3.00. The molecule has 0 spiro atoms. The van der Waals surface area contributed by atoms with Crippen molar-refractivity contribution < 1.29 is 18.7 Å². The van der Waals surface area contributed by atoms with E-state index in [-0.39, 0.29) is 12.7 Å². The second-order valence-electron chi connectivity index (χ2n) is 6.17. The van der Waals surface area contributed by atoms with Gasteiger partial charge in [-0.05, 0) is 25.0 Å². The summed E-state index contributed by atoms with van der Waals surface area (Å²) < 4.78 is 16.8. The van der Waals surface area contributed by atoms with Gasteiger partial charge in [0.25, 0.3) is 0 Å². The van der Waals surface area contributed by atoms with Crippen LogP contribution in [0.2, 0.25) is 0 Å². The van der Waals surface area contributed by atoms with E-state index in [0.29, 0.717) is 22.8 Å². The van der Waals surface area contributed by atoms with Gasteiger partial charge in [0.2, 0.25) is 5.89 Å². The van der Waals surface area contributed by atoms with Crippen molar-refractivity contribution in [1.82, 2.24) is 4.98 Å². The molecule has 2 heterocycles. The van der Waals surface area contributed by atoms with E-state index >= 15 is 0 Å². The lowest BCUT2D eigenvalue weighted by Crippen LogP contribution is -2.18. The molecule has 5 heteroatoms. The first-order valence-electron chi connectivity index (χ1n) is 8.70. The predicted octanol–water partition coefficient (Wildman–Crippen LogP) is 4.34. The first-order valence-corrected chi connectivity index (χ1v) is 8.70. The summed E-state index contributed by atoms with van der Waals surface area (Å²) in [5.41, 5.74) is 1.99. The Hall–Kier alpha value is -2.92. The van der Waals surface area contributed by atoms with Gasteiger partial charge in [0.05, 0.1) is 23.4 Å². The maximum atomic E-state index is 12.5. The normalized spacial score (nSPS) is 16.5. The lowest BCUT2D eigenvalue weighted by molar-refractivity contribution is 0.0162. The van der Waals surface area contributed by atoms with Gasteiger partial charge in [-0.1, -0.05) is 42.5 Å². The van der Waals surface area contributed by atoms with Crippen LogP contribution in [0, 0.1) is 0 Å². The summed E-state index contributed by atoms with van der Waals surface area (Å²) in [5.74, 6) is 0.659. The summed E-state index contributed by atoms with van der Waals surface area (Å²) in [5, 5.41) is 0. The summed E-state index contributed by atoms with van der Waals surface area (Å²) in [6.07, 6.45) is 3.60. The Morgan fingerprint density at radius 3 is 2.73 bits per heavy atom. The van der Waals surface area contributed by atoms with E-state index in [9.17, 15) is 4.79 Å². The molecule has 1 aliphatic rings. The first kappa shape index (κ1) is 16.5. The molecule has 0 radical (unpaired) electrons. The van der Waals surface area contributed by atoms with Crippen LogP contribution in [-0.2, 0) is 9.47 Å².